The highest BCUT2D eigenvalue weighted by Crippen LogP contribution is 2.19. The predicted octanol–water partition coefficient (Wildman–Crippen LogP) is 0.736. The molecule has 1 aliphatic carbocycles. The minimum absolute atomic E-state index is 0.0549. The Labute approximate surface area is 94.3 Å². The van der Waals surface area contributed by atoms with Gasteiger partial charge in [-0.15, -0.1) is 0 Å². The molecule has 4 nitrogen and oxygen atoms in total. The summed E-state index contributed by atoms with van der Waals surface area (Å²) in [5, 5.41) is 6.01. The number of carbonyl (C=O) groups is 1. The second-order valence-corrected chi connectivity index (χ2v) is 5.02. The molecule has 0 radical (unpaired) electrons. The second kappa shape index (κ2) is 4.88. The highest BCUT2D eigenvalue weighted by atomic mass is 32.2. The summed E-state index contributed by atoms with van der Waals surface area (Å²) in [4.78, 5) is 15.9. The van der Waals surface area contributed by atoms with Gasteiger partial charge in [0.2, 0.25) is 0 Å². The van der Waals surface area contributed by atoms with E-state index in [4.69, 9.17) is 0 Å². The lowest BCUT2D eigenvalue weighted by molar-refractivity contribution is -0.120. The fourth-order valence-electron chi connectivity index (χ4n) is 1.56. The summed E-state index contributed by atoms with van der Waals surface area (Å²) in [5.74, 6) is 1.85. The number of carbonyl (C=O) groups excluding carboxylic acids is 1. The van der Waals surface area contributed by atoms with E-state index in [9.17, 15) is 4.79 Å². The van der Waals surface area contributed by atoms with Gasteiger partial charge < -0.3 is 5.32 Å². The number of nitrogens with one attached hydrogen (secondary N) is 2. The Hall–Kier alpha value is -0.710. The van der Waals surface area contributed by atoms with E-state index in [-0.39, 0.29) is 11.9 Å². The Bertz CT molecular complexity index is 276. The number of aliphatic imine (C=N–C) groups is 1. The second-order valence-electron chi connectivity index (χ2n) is 4.04. The molecule has 1 fully saturated rings. The Morgan fingerprint density at radius 1 is 1.60 bits per heavy atom. The average Bonchev–Trinajstić information content (AvgIpc) is 2.93. The van der Waals surface area contributed by atoms with Crippen LogP contribution in [0.15, 0.2) is 4.99 Å². The van der Waals surface area contributed by atoms with E-state index in [1.807, 2.05) is 11.8 Å². The molecule has 0 bridgehead atoms. The number of thioether (sulfide) groups is 1. The number of nitrogens with zero attached hydrogens (tertiary/aromatic N) is 1. The van der Waals surface area contributed by atoms with Gasteiger partial charge in [0.05, 0.1) is 0 Å². The topological polar surface area (TPSA) is 53.5 Å². The van der Waals surface area contributed by atoms with E-state index in [2.05, 4.69) is 21.9 Å². The van der Waals surface area contributed by atoms with E-state index in [0.717, 1.165) is 18.6 Å². The molecule has 0 aromatic rings. The maximum absolute atomic E-state index is 11.5. The Morgan fingerprint density at radius 3 is 3.07 bits per heavy atom. The molecule has 2 N–H and O–H groups in total. The first-order valence-corrected chi connectivity index (χ1v) is 6.83. The van der Waals surface area contributed by atoms with Crippen LogP contribution in [0.5, 0.6) is 0 Å². The smallest absolute Gasteiger partial charge is 0.251 e. The Morgan fingerprint density at radius 2 is 2.40 bits per heavy atom. The van der Waals surface area contributed by atoms with E-state index in [0.29, 0.717) is 12.0 Å². The van der Waals surface area contributed by atoms with Crippen LogP contribution in [0, 0.1) is 0 Å². The summed E-state index contributed by atoms with van der Waals surface area (Å²) in [5.41, 5.74) is 0. The zero-order valence-corrected chi connectivity index (χ0v) is 9.77. The summed E-state index contributed by atoms with van der Waals surface area (Å²) < 4.78 is 0. The van der Waals surface area contributed by atoms with Crippen LogP contribution in [0.3, 0.4) is 0 Å². The molecule has 0 aromatic carbocycles. The molecule has 1 saturated carbocycles. The molecule has 15 heavy (non-hydrogen) atoms. The zero-order chi connectivity index (χ0) is 10.7. The molecule has 0 spiro atoms. The molecule has 84 valence electrons. The minimum atomic E-state index is -0.154. The number of rotatable bonds is 5. The lowest BCUT2D eigenvalue weighted by Gasteiger charge is -2.02. The maximum atomic E-state index is 11.5. The zero-order valence-electron chi connectivity index (χ0n) is 8.95. The first-order chi connectivity index (χ1) is 7.29. The molecular weight excluding hydrogens is 210 g/mol. The van der Waals surface area contributed by atoms with Crippen molar-refractivity contribution in [1.29, 1.82) is 0 Å². The van der Waals surface area contributed by atoms with E-state index in [1.165, 1.54) is 12.8 Å². The van der Waals surface area contributed by atoms with Gasteiger partial charge in [-0.1, -0.05) is 0 Å². The van der Waals surface area contributed by atoms with E-state index in [1.54, 1.807) is 0 Å². The number of hydrogen-bond acceptors (Lipinski definition) is 4. The molecular formula is C10H17N3OS. The molecule has 1 unspecified atom stereocenters. The minimum Gasteiger partial charge on any atom is -0.353 e. The Kier molecular flexibility index (Phi) is 3.51. The standard InChI is InChI=1S/C10H17N3OS/c1-15-6-2-3-8-9(14)13-10(12-8)11-7-4-5-7/h7-8H,2-6H2,1H3,(H2,11,12,13,14). The van der Waals surface area contributed by atoms with E-state index >= 15 is 0 Å². The summed E-state index contributed by atoms with van der Waals surface area (Å²) in [6.45, 7) is 0. The first kappa shape index (κ1) is 10.8. The van der Waals surface area contributed by atoms with Crippen LogP contribution < -0.4 is 10.6 Å². The van der Waals surface area contributed by atoms with Gasteiger partial charge in [-0.3, -0.25) is 10.1 Å². The molecule has 0 aromatic heterocycles. The van der Waals surface area contributed by atoms with Crippen LogP contribution in [0.4, 0.5) is 0 Å². The monoisotopic (exact) mass is 227 g/mol. The normalized spacial score (nSPS) is 25.0. The molecule has 1 atom stereocenters. The fraction of sp³-hybridized carbons (Fsp3) is 0.800. The van der Waals surface area contributed by atoms with Crippen molar-refractivity contribution in [2.45, 2.75) is 37.8 Å². The maximum Gasteiger partial charge on any atom is 0.251 e. The van der Waals surface area contributed by atoms with Gasteiger partial charge >= 0.3 is 0 Å². The summed E-state index contributed by atoms with van der Waals surface area (Å²) >= 11 is 1.81. The molecule has 1 heterocycles. The third kappa shape index (κ3) is 3.12. The van der Waals surface area contributed by atoms with Crippen LogP contribution in [0.2, 0.25) is 0 Å². The number of amides is 1. The Balaban J connectivity index is 1.77. The summed E-state index contributed by atoms with van der Waals surface area (Å²) in [6.07, 6.45) is 6.40. The fourth-order valence-corrected chi connectivity index (χ4v) is 2.01. The molecule has 1 aliphatic heterocycles. The molecule has 2 aliphatic rings. The van der Waals surface area contributed by atoms with Crippen LogP contribution in [-0.4, -0.2) is 36.0 Å². The van der Waals surface area contributed by atoms with Crippen molar-refractivity contribution in [3.8, 4) is 0 Å². The van der Waals surface area contributed by atoms with Gasteiger partial charge in [0.1, 0.15) is 6.04 Å². The largest absolute Gasteiger partial charge is 0.353 e. The van der Waals surface area contributed by atoms with Crippen LogP contribution in [0.1, 0.15) is 25.7 Å². The third-order valence-corrected chi connectivity index (χ3v) is 3.27. The van der Waals surface area contributed by atoms with Crippen molar-refractivity contribution in [2.75, 3.05) is 12.0 Å². The van der Waals surface area contributed by atoms with Crippen LogP contribution in [-0.2, 0) is 4.79 Å². The van der Waals surface area contributed by atoms with Crippen molar-refractivity contribution in [3.63, 3.8) is 0 Å². The van der Waals surface area contributed by atoms with Crippen molar-refractivity contribution in [1.82, 2.24) is 10.6 Å². The summed E-state index contributed by atoms with van der Waals surface area (Å²) in [7, 11) is 0. The lowest BCUT2D eigenvalue weighted by Crippen LogP contribution is -2.38. The van der Waals surface area contributed by atoms with Gasteiger partial charge in [0.15, 0.2) is 5.96 Å². The van der Waals surface area contributed by atoms with E-state index < -0.39 is 0 Å². The van der Waals surface area contributed by atoms with Crippen molar-refractivity contribution in [3.05, 3.63) is 0 Å². The van der Waals surface area contributed by atoms with Crippen molar-refractivity contribution in [2.24, 2.45) is 4.99 Å². The van der Waals surface area contributed by atoms with Gasteiger partial charge in [-0.05, 0) is 37.7 Å². The molecule has 0 saturated heterocycles. The highest BCUT2D eigenvalue weighted by molar-refractivity contribution is 7.98. The van der Waals surface area contributed by atoms with Crippen LogP contribution >= 0.6 is 11.8 Å². The third-order valence-electron chi connectivity index (χ3n) is 2.57. The van der Waals surface area contributed by atoms with Gasteiger partial charge in [-0.25, -0.2) is 4.99 Å². The van der Waals surface area contributed by atoms with Gasteiger partial charge in [0, 0.05) is 6.04 Å². The molecule has 5 heteroatoms. The van der Waals surface area contributed by atoms with Gasteiger partial charge in [0.25, 0.3) is 5.91 Å². The van der Waals surface area contributed by atoms with Crippen LogP contribution in [0.25, 0.3) is 0 Å². The number of guanidine groups is 1. The van der Waals surface area contributed by atoms with Gasteiger partial charge in [-0.2, -0.15) is 11.8 Å². The summed E-state index contributed by atoms with van der Waals surface area (Å²) in [6, 6.07) is 0.396. The first-order valence-electron chi connectivity index (χ1n) is 5.43. The average molecular weight is 227 g/mol. The highest BCUT2D eigenvalue weighted by Gasteiger charge is 2.29. The molecule has 1 amide bonds. The SMILES string of the molecule is CSCCCC1N=C(NC2CC2)NC1=O. The quantitative estimate of drug-likeness (QED) is 0.681. The number of hydrogen-bond donors (Lipinski definition) is 2. The molecule has 2 rings (SSSR count). The van der Waals surface area contributed by atoms with Crippen molar-refractivity contribution >= 4 is 23.6 Å². The predicted molar refractivity (Wildman–Crippen MR) is 63.1 cm³/mol. The van der Waals surface area contributed by atoms with Crippen molar-refractivity contribution < 1.29 is 4.79 Å². The lowest BCUT2D eigenvalue weighted by atomic mass is 10.2.